The molecule has 0 unspecified atom stereocenters. The van der Waals surface area contributed by atoms with Gasteiger partial charge in [0.25, 0.3) is 5.91 Å². The van der Waals surface area contributed by atoms with Crippen molar-refractivity contribution in [1.82, 2.24) is 14.7 Å². The second-order valence-corrected chi connectivity index (χ2v) is 7.52. The molecule has 3 heterocycles. The number of amides is 1. The molecule has 0 atom stereocenters. The first-order valence-corrected chi connectivity index (χ1v) is 8.84. The molecular weight excluding hydrogens is 326 g/mol. The van der Waals surface area contributed by atoms with E-state index in [9.17, 15) is 9.59 Å². The third kappa shape index (κ3) is 2.96. The molecule has 128 valence electrons. The number of nitrogens with zero attached hydrogens (tertiary/aromatic N) is 3. The second-order valence-electron chi connectivity index (χ2n) is 6.27. The van der Waals surface area contributed by atoms with Crippen LogP contribution in [0.3, 0.4) is 0 Å². The van der Waals surface area contributed by atoms with Gasteiger partial charge in [-0.2, -0.15) is 5.10 Å². The zero-order chi connectivity index (χ0) is 17.4. The van der Waals surface area contributed by atoms with Crippen LogP contribution < -0.4 is 0 Å². The summed E-state index contributed by atoms with van der Waals surface area (Å²) < 4.78 is 1.80. The first-order chi connectivity index (χ1) is 11.4. The number of likely N-dealkylation sites (tertiary alicyclic amines) is 1. The summed E-state index contributed by atoms with van der Waals surface area (Å²) in [5.41, 5.74) is 2.08. The summed E-state index contributed by atoms with van der Waals surface area (Å²) in [6.07, 6.45) is 2.99. The quantitative estimate of drug-likeness (QED) is 0.926. The van der Waals surface area contributed by atoms with Crippen molar-refractivity contribution < 1.29 is 14.7 Å². The molecule has 0 radical (unpaired) electrons. The smallest absolute Gasteiger partial charge is 0.339 e. The fourth-order valence-electron chi connectivity index (χ4n) is 3.15. The van der Waals surface area contributed by atoms with Gasteiger partial charge in [0.2, 0.25) is 0 Å². The predicted molar refractivity (Wildman–Crippen MR) is 91.9 cm³/mol. The summed E-state index contributed by atoms with van der Waals surface area (Å²) in [4.78, 5) is 27.6. The van der Waals surface area contributed by atoms with Gasteiger partial charge < -0.3 is 10.0 Å². The van der Waals surface area contributed by atoms with E-state index in [2.05, 4.69) is 5.10 Å². The van der Waals surface area contributed by atoms with Crippen molar-refractivity contribution >= 4 is 23.2 Å². The maximum atomic E-state index is 12.6. The van der Waals surface area contributed by atoms with Crippen LogP contribution in [-0.2, 0) is 0 Å². The molecule has 1 fully saturated rings. The average Bonchev–Trinajstić information content (AvgIpc) is 3.10. The Balaban J connectivity index is 1.67. The standard InChI is InChI=1S/C17H21N3O3S/c1-10-8-15(24-12(10)3)16(21)19-6-4-13(5-7-19)20-11(2)14(9-18-20)17(22)23/h8-9,13H,4-7H2,1-3H3,(H,22,23). The van der Waals surface area contributed by atoms with Crippen LogP contribution in [0.1, 0.15) is 55.0 Å². The molecule has 1 aliphatic heterocycles. The number of aromatic nitrogens is 2. The molecule has 0 bridgehead atoms. The third-order valence-corrected chi connectivity index (χ3v) is 5.89. The lowest BCUT2D eigenvalue weighted by Crippen LogP contribution is -2.39. The van der Waals surface area contributed by atoms with Crippen molar-refractivity contribution in [3.8, 4) is 0 Å². The molecule has 1 amide bonds. The zero-order valence-corrected chi connectivity index (χ0v) is 14.9. The summed E-state index contributed by atoms with van der Waals surface area (Å²) >= 11 is 1.55. The Kier molecular flexibility index (Phi) is 4.45. The van der Waals surface area contributed by atoms with Crippen LogP contribution in [0.4, 0.5) is 0 Å². The molecule has 1 saturated heterocycles. The normalized spacial score (nSPS) is 15.7. The van der Waals surface area contributed by atoms with Crippen LogP contribution in [0, 0.1) is 20.8 Å². The van der Waals surface area contributed by atoms with E-state index >= 15 is 0 Å². The summed E-state index contributed by atoms with van der Waals surface area (Å²) in [6, 6.07) is 2.11. The highest BCUT2D eigenvalue weighted by Crippen LogP contribution is 2.27. The van der Waals surface area contributed by atoms with Crippen LogP contribution in [0.2, 0.25) is 0 Å². The molecule has 7 heteroatoms. The predicted octanol–water partition coefficient (Wildman–Crippen LogP) is 3.05. The highest BCUT2D eigenvalue weighted by molar-refractivity contribution is 7.14. The SMILES string of the molecule is Cc1cc(C(=O)N2CCC(n3ncc(C(=O)O)c3C)CC2)sc1C. The molecule has 24 heavy (non-hydrogen) atoms. The summed E-state index contributed by atoms with van der Waals surface area (Å²) in [7, 11) is 0. The summed E-state index contributed by atoms with van der Waals surface area (Å²) in [6.45, 7) is 7.17. The Morgan fingerprint density at radius 1 is 1.25 bits per heavy atom. The van der Waals surface area contributed by atoms with Gasteiger partial charge in [0.05, 0.1) is 22.8 Å². The van der Waals surface area contributed by atoms with Crippen LogP contribution in [-0.4, -0.2) is 44.8 Å². The number of hydrogen-bond acceptors (Lipinski definition) is 4. The molecule has 0 saturated carbocycles. The van der Waals surface area contributed by atoms with E-state index in [0.717, 1.165) is 23.3 Å². The van der Waals surface area contributed by atoms with Crippen LogP contribution >= 0.6 is 11.3 Å². The number of piperidine rings is 1. The largest absolute Gasteiger partial charge is 0.478 e. The number of carboxylic acids is 1. The number of carbonyl (C=O) groups excluding carboxylic acids is 1. The van der Waals surface area contributed by atoms with E-state index in [-0.39, 0.29) is 17.5 Å². The van der Waals surface area contributed by atoms with E-state index in [1.165, 1.54) is 11.1 Å². The van der Waals surface area contributed by atoms with E-state index < -0.39 is 5.97 Å². The minimum absolute atomic E-state index is 0.0954. The fourth-order valence-corrected chi connectivity index (χ4v) is 4.15. The maximum absolute atomic E-state index is 12.6. The Morgan fingerprint density at radius 2 is 1.92 bits per heavy atom. The lowest BCUT2D eigenvalue weighted by Gasteiger charge is -2.32. The van der Waals surface area contributed by atoms with Gasteiger partial charge in [-0.25, -0.2) is 4.79 Å². The number of aryl methyl sites for hydroxylation is 2. The lowest BCUT2D eigenvalue weighted by molar-refractivity contribution is 0.0691. The number of carboxylic acid groups (broad SMARTS) is 1. The van der Waals surface area contributed by atoms with Crippen molar-refractivity contribution in [3.63, 3.8) is 0 Å². The van der Waals surface area contributed by atoms with Gasteiger partial charge in [0.15, 0.2) is 0 Å². The van der Waals surface area contributed by atoms with Crippen LogP contribution in [0.15, 0.2) is 12.3 Å². The molecule has 0 aromatic carbocycles. The Morgan fingerprint density at radius 3 is 2.42 bits per heavy atom. The Labute approximate surface area is 144 Å². The number of hydrogen-bond donors (Lipinski definition) is 1. The summed E-state index contributed by atoms with van der Waals surface area (Å²) in [5, 5.41) is 13.4. The highest BCUT2D eigenvalue weighted by atomic mass is 32.1. The number of carbonyl (C=O) groups is 2. The average molecular weight is 347 g/mol. The number of rotatable bonds is 3. The van der Waals surface area contributed by atoms with Gasteiger partial charge in [-0.15, -0.1) is 11.3 Å². The molecule has 2 aromatic rings. The number of aromatic carboxylic acids is 1. The molecule has 0 aliphatic carbocycles. The van der Waals surface area contributed by atoms with Gasteiger partial charge in [-0.1, -0.05) is 0 Å². The minimum Gasteiger partial charge on any atom is -0.478 e. The van der Waals surface area contributed by atoms with Gasteiger partial charge in [-0.3, -0.25) is 9.48 Å². The zero-order valence-electron chi connectivity index (χ0n) is 14.1. The van der Waals surface area contributed by atoms with E-state index in [4.69, 9.17) is 5.11 Å². The maximum Gasteiger partial charge on any atom is 0.339 e. The van der Waals surface area contributed by atoms with Crippen molar-refractivity contribution in [2.24, 2.45) is 0 Å². The minimum atomic E-state index is -0.949. The van der Waals surface area contributed by atoms with Gasteiger partial charge in [0, 0.05) is 18.0 Å². The Bertz CT molecular complexity index is 766. The van der Waals surface area contributed by atoms with E-state index in [1.807, 2.05) is 24.8 Å². The van der Waals surface area contributed by atoms with E-state index in [1.54, 1.807) is 22.9 Å². The molecule has 0 spiro atoms. The summed E-state index contributed by atoms with van der Waals surface area (Å²) in [5.74, 6) is -0.854. The van der Waals surface area contributed by atoms with E-state index in [0.29, 0.717) is 18.8 Å². The van der Waals surface area contributed by atoms with Crippen molar-refractivity contribution in [2.45, 2.75) is 39.7 Å². The topological polar surface area (TPSA) is 75.4 Å². The molecular formula is C17H21N3O3S. The first kappa shape index (κ1) is 16.7. The lowest BCUT2D eigenvalue weighted by atomic mass is 10.0. The Hall–Kier alpha value is -2.15. The highest BCUT2D eigenvalue weighted by Gasteiger charge is 2.27. The van der Waals surface area contributed by atoms with Gasteiger partial charge in [-0.05, 0) is 45.2 Å². The molecule has 1 N–H and O–H groups in total. The third-order valence-electron chi connectivity index (χ3n) is 4.75. The number of thiophene rings is 1. The van der Waals surface area contributed by atoms with Crippen molar-refractivity contribution in [3.05, 3.63) is 38.8 Å². The van der Waals surface area contributed by atoms with Gasteiger partial charge in [0.1, 0.15) is 5.56 Å². The molecule has 6 nitrogen and oxygen atoms in total. The fraction of sp³-hybridized carbons (Fsp3) is 0.471. The monoisotopic (exact) mass is 347 g/mol. The molecule has 2 aromatic heterocycles. The van der Waals surface area contributed by atoms with Crippen LogP contribution in [0.25, 0.3) is 0 Å². The molecule has 3 rings (SSSR count). The van der Waals surface area contributed by atoms with Gasteiger partial charge >= 0.3 is 5.97 Å². The first-order valence-electron chi connectivity index (χ1n) is 8.02. The second kappa shape index (κ2) is 6.39. The van der Waals surface area contributed by atoms with Crippen molar-refractivity contribution in [2.75, 3.05) is 13.1 Å². The molecule has 1 aliphatic rings. The van der Waals surface area contributed by atoms with Crippen molar-refractivity contribution in [1.29, 1.82) is 0 Å². The van der Waals surface area contributed by atoms with Crippen LogP contribution in [0.5, 0.6) is 0 Å².